The summed E-state index contributed by atoms with van der Waals surface area (Å²) in [5.74, 6) is 0.435. The molecule has 1 aliphatic rings. The Morgan fingerprint density at radius 1 is 1.33 bits per heavy atom. The van der Waals surface area contributed by atoms with E-state index in [1.807, 2.05) is 18.2 Å². The van der Waals surface area contributed by atoms with Gasteiger partial charge in [-0.25, -0.2) is 0 Å². The summed E-state index contributed by atoms with van der Waals surface area (Å²) in [5.41, 5.74) is 7.24. The van der Waals surface area contributed by atoms with Crippen LogP contribution in [0.15, 0.2) is 29.3 Å². The second-order valence-corrected chi connectivity index (χ2v) is 5.88. The highest BCUT2D eigenvalue weighted by Gasteiger charge is 2.36. The van der Waals surface area contributed by atoms with Crippen LogP contribution in [0.3, 0.4) is 0 Å². The number of aliphatic hydroxyl groups is 1. The van der Waals surface area contributed by atoms with Gasteiger partial charge in [-0.05, 0) is 30.4 Å². The Kier molecular flexibility index (Phi) is 5.62. The molecule has 0 bridgehead atoms. The van der Waals surface area contributed by atoms with Crippen LogP contribution in [0, 0.1) is 0 Å². The molecule has 0 radical (unpaired) electrons. The van der Waals surface area contributed by atoms with Gasteiger partial charge in [0.25, 0.3) is 0 Å². The van der Waals surface area contributed by atoms with E-state index >= 15 is 0 Å². The zero-order valence-electron chi connectivity index (χ0n) is 12.9. The maximum absolute atomic E-state index is 10.7. The second kappa shape index (κ2) is 7.46. The van der Waals surface area contributed by atoms with E-state index in [9.17, 15) is 5.11 Å². The summed E-state index contributed by atoms with van der Waals surface area (Å²) < 4.78 is 0. The Hall–Kier alpha value is -1.55. The average molecular weight is 289 g/mol. The predicted octanol–water partition coefficient (Wildman–Crippen LogP) is 2.30. The first-order chi connectivity index (χ1) is 10.2. The molecule has 116 valence electrons. The van der Waals surface area contributed by atoms with Crippen LogP contribution < -0.4 is 11.1 Å². The van der Waals surface area contributed by atoms with Gasteiger partial charge >= 0.3 is 0 Å². The van der Waals surface area contributed by atoms with Crippen molar-refractivity contribution in [3.63, 3.8) is 0 Å². The van der Waals surface area contributed by atoms with Crippen LogP contribution in [0.5, 0.6) is 0 Å². The van der Waals surface area contributed by atoms with E-state index < -0.39 is 5.60 Å². The minimum absolute atomic E-state index is 0.331. The maximum atomic E-state index is 10.7. The summed E-state index contributed by atoms with van der Waals surface area (Å²) in [4.78, 5) is 4.33. The van der Waals surface area contributed by atoms with E-state index in [4.69, 9.17) is 5.73 Å². The highest BCUT2D eigenvalue weighted by atomic mass is 16.3. The molecule has 4 heteroatoms. The minimum Gasteiger partial charge on any atom is -0.383 e. The molecule has 4 nitrogen and oxygen atoms in total. The number of hydrogen-bond donors (Lipinski definition) is 3. The van der Waals surface area contributed by atoms with Gasteiger partial charge < -0.3 is 16.2 Å². The lowest BCUT2D eigenvalue weighted by Crippen LogP contribution is -2.35. The Balaban J connectivity index is 1.83. The molecular formula is C17H27N3O. The van der Waals surface area contributed by atoms with Gasteiger partial charge in [-0.3, -0.25) is 4.99 Å². The SMILES string of the molecule is CCCCCCNC(N)=NCC1(O)CCc2ccccc21. The lowest BCUT2D eigenvalue weighted by molar-refractivity contribution is 0.0486. The van der Waals surface area contributed by atoms with Gasteiger partial charge in [0.15, 0.2) is 5.96 Å². The second-order valence-electron chi connectivity index (χ2n) is 5.88. The third-order valence-corrected chi connectivity index (χ3v) is 4.17. The van der Waals surface area contributed by atoms with E-state index in [0.717, 1.165) is 31.4 Å². The molecule has 0 spiro atoms. The number of aryl methyl sites for hydroxylation is 1. The van der Waals surface area contributed by atoms with Crippen molar-refractivity contribution >= 4 is 5.96 Å². The average Bonchev–Trinajstić information content (AvgIpc) is 2.84. The molecule has 2 rings (SSSR count). The highest BCUT2D eigenvalue weighted by molar-refractivity contribution is 5.77. The largest absolute Gasteiger partial charge is 0.383 e. The van der Waals surface area contributed by atoms with Gasteiger partial charge in [0.1, 0.15) is 5.60 Å². The van der Waals surface area contributed by atoms with Crippen LogP contribution in [0.25, 0.3) is 0 Å². The zero-order chi connectivity index (χ0) is 15.1. The van der Waals surface area contributed by atoms with E-state index in [1.165, 1.54) is 24.8 Å². The van der Waals surface area contributed by atoms with E-state index in [-0.39, 0.29) is 0 Å². The number of nitrogens with two attached hydrogens (primary N) is 1. The molecule has 1 aromatic carbocycles. The molecule has 4 N–H and O–H groups in total. The van der Waals surface area contributed by atoms with Gasteiger partial charge in [0, 0.05) is 6.54 Å². The molecule has 0 heterocycles. The summed E-state index contributed by atoms with van der Waals surface area (Å²) >= 11 is 0. The number of fused-ring (bicyclic) bond motifs is 1. The highest BCUT2D eigenvalue weighted by Crippen LogP contribution is 2.36. The molecule has 0 fully saturated rings. The fourth-order valence-electron chi connectivity index (χ4n) is 2.87. The molecular weight excluding hydrogens is 262 g/mol. The van der Waals surface area contributed by atoms with E-state index in [2.05, 4.69) is 23.3 Å². The standard InChI is InChI=1S/C17H27N3O/c1-2-3-4-7-12-19-16(18)20-13-17(21)11-10-14-8-5-6-9-15(14)17/h5-6,8-9,21H,2-4,7,10-13H2,1H3,(H3,18,19,20). The summed E-state index contributed by atoms with van der Waals surface area (Å²) in [7, 11) is 0. The van der Waals surface area contributed by atoms with Crippen LogP contribution >= 0.6 is 0 Å². The van der Waals surface area contributed by atoms with Crippen LogP contribution in [0.2, 0.25) is 0 Å². The van der Waals surface area contributed by atoms with Gasteiger partial charge in [-0.1, -0.05) is 50.5 Å². The predicted molar refractivity (Wildman–Crippen MR) is 87.3 cm³/mol. The van der Waals surface area contributed by atoms with Crippen molar-refractivity contribution in [2.75, 3.05) is 13.1 Å². The molecule has 1 aliphatic carbocycles. The van der Waals surface area contributed by atoms with E-state index in [1.54, 1.807) is 0 Å². The molecule has 0 amide bonds. The number of nitrogens with zero attached hydrogens (tertiary/aromatic N) is 1. The number of aliphatic imine (C=N–C) groups is 1. The summed E-state index contributed by atoms with van der Waals surface area (Å²) in [5, 5.41) is 13.9. The van der Waals surface area contributed by atoms with Gasteiger partial charge in [0.2, 0.25) is 0 Å². The van der Waals surface area contributed by atoms with Crippen LogP contribution in [0.1, 0.15) is 50.2 Å². The maximum Gasteiger partial charge on any atom is 0.188 e. The van der Waals surface area contributed by atoms with Gasteiger partial charge in [0.05, 0.1) is 6.54 Å². The zero-order valence-corrected chi connectivity index (χ0v) is 12.9. The normalized spacial score (nSPS) is 21.3. The van der Waals surface area contributed by atoms with Crippen molar-refractivity contribution in [3.05, 3.63) is 35.4 Å². The number of nitrogens with one attached hydrogen (secondary N) is 1. The summed E-state index contributed by atoms with van der Waals surface area (Å²) in [6.45, 7) is 3.38. The third kappa shape index (κ3) is 4.21. The molecule has 0 saturated carbocycles. The van der Waals surface area contributed by atoms with Gasteiger partial charge in [-0.2, -0.15) is 0 Å². The fourth-order valence-corrected chi connectivity index (χ4v) is 2.87. The number of hydrogen-bond acceptors (Lipinski definition) is 2. The fraction of sp³-hybridized carbons (Fsp3) is 0.588. The van der Waals surface area contributed by atoms with Crippen molar-refractivity contribution in [3.8, 4) is 0 Å². The Labute approximate surface area is 127 Å². The molecule has 1 atom stereocenters. The van der Waals surface area contributed by atoms with Crippen molar-refractivity contribution in [1.29, 1.82) is 0 Å². The van der Waals surface area contributed by atoms with Gasteiger partial charge in [-0.15, -0.1) is 0 Å². The van der Waals surface area contributed by atoms with Crippen LogP contribution in [-0.4, -0.2) is 24.2 Å². The van der Waals surface area contributed by atoms with Crippen molar-refractivity contribution in [2.24, 2.45) is 10.7 Å². The Bertz CT molecular complexity index is 487. The van der Waals surface area contributed by atoms with E-state index in [0.29, 0.717) is 12.5 Å². The number of unbranched alkanes of at least 4 members (excludes halogenated alkanes) is 3. The number of guanidine groups is 1. The first-order valence-corrected chi connectivity index (χ1v) is 8.00. The van der Waals surface area contributed by atoms with Crippen molar-refractivity contribution < 1.29 is 5.11 Å². The van der Waals surface area contributed by atoms with Crippen LogP contribution in [0.4, 0.5) is 0 Å². The topological polar surface area (TPSA) is 70.6 Å². The lowest BCUT2D eigenvalue weighted by atomic mass is 9.96. The first-order valence-electron chi connectivity index (χ1n) is 8.00. The van der Waals surface area contributed by atoms with Crippen LogP contribution in [-0.2, 0) is 12.0 Å². The molecule has 21 heavy (non-hydrogen) atoms. The number of benzene rings is 1. The molecule has 0 saturated heterocycles. The minimum atomic E-state index is -0.856. The summed E-state index contributed by atoms with van der Waals surface area (Å²) in [6.07, 6.45) is 6.45. The Morgan fingerprint density at radius 3 is 2.95 bits per heavy atom. The third-order valence-electron chi connectivity index (χ3n) is 4.17. The molecule has 0 aliphatic heterocycles. The molecule has 1 unspecified atom stereocenters. The first kappa shape index (κ1) is 15.8. The number of rotatable bonds is 7. The monoisotopic (exact) mass is 289 g/mol. The quantitative estimate of drug-likeness (QED) is 0.410. The lowest BCUT2D eigenvalue weighted by Gasteiger charge is -2.22. The summed E-state index contributed by atoms with van der Waals surface area (Å²) in [6, 6.07) is 8.05. The Morgan fingerprint density at radius 2 is 2.14 bits per heavy atom. The smallest absolute Gasteiger partial charge is 0.188 e. The van der Waals surface area contributed by atoms with Crippen molar-refractivity contribution in [1.82, 2.24) is 5.32 Å². The van der Waals surface area contributed by atoms with Crippen molar-refractivity contribution in [2.45, 2.75) is 51.0 Å². The molecule has 1 aromatic rings. The molecule has 0 aromatic heterocycles.